The summed E-state index contributed by atoms with van der Waals surface area (Å²) < 4.78 is 27.9. The lowest BCUT2D eigenvalue weighted by atomic mass is 10.2. The summed E-state index contributed by atoms with van der Waals surface area (Å²) in [5, 5.41) is 5.85. The molecule has 27 heavy (non-hydrogen) atoms. The fourth-order valence-corrected chi connectivity index (χ4v) is 2.39. The summed E-state index contributed by atoms with van der Waals surface area (Å²) in [6, 6.07) is 8.95. The molecule has 3 aromatic rings. The molecule has 2 aromatic heterocycles. The first-order valence-electron chi connectivity index (χ1n) is 8.42. The predicted octanol–water partition coefficient (Wildman–Crippen LogP) is 3.53. The number of nitrogens with zero attached hydrogens (tertiary/aromatic N) is 4. The highest BCUT2D eigenvalue weighted by Crippen LogP contribution is 2.26. The van der Waals surface area contributed by atoms with Crippen molar-refractivity contribution in [3.8, 4) is 11.3 Å². The number of halogens is 2. The van der Waals surface area contributed by atoms with Gasteiger partial charge in [-0.3, -0.25) is 4.98 Å². The van der Waals surface area contributed by atoms with Gasteiger partial charge in [0, 0.05) is 37.1 Å². The Morgan fingerprint density at radius 1 is 1.04 bits per heavy atom. The normalized spacial score (nSPS) is 10.9. The molecular weight excluding hydrogens is 350 g/mol. The monoisotopic (exact) mass is 370 g/mol. The molecule has 1 aromatic carbocycles. The van der Waals surface area contributed by atoms with E-state index in [1.54, 1.807) is 24.5 Å². The Morgan fingerprint density at radius 3 is 2.48 bits per heavy atom. The van der Waals surface area contributed by atoms with Gasteiger partial charge in [0.15, 0.2) is 0 Å². The number of aromatic nitrogens is 3. The third-order valence-electron chi connectivity index (χ3n) is 3.74. The van der Waals surface area contributed by atoms with Crippen LogP contribution < -0.4 is 10.6 Å². The maximum Gasteiger partial charge on any atom is 0.225 e. The maximum absolute atomic E-state index is 14.0. The minimum atomic E-state index is -0.696. The van der Waals surface area contributed by atoms with Crippen molar-refractivity contribution in [3.63, 3.8) is 0 Å². The van der Waals surface area contributed by atoms with E-state index >= 15 is 0 Å². The van der Waals surface area contributed by atoms with E-state index in [2.05, 4.69) is 25.6 Å². The fraction of sp³-hybridized carbons (Fsp3) is 0.211. The lowest BCUT2D eigenvalue weighted by molar-refractivity contribution is 0.425. The molecule has 2 N–H and O–H groups in total. The highest BCUT2D eigenvalue weighted by molar-refractivity contribution is 5.67. The Kier molecular flexibility index (Phi) is 5.87. The van der Waals surface area contributed by atoms with Gasteiger partial charge >= 0.3 is 0 Å². The van der Waals surface area contributed by atoms with Crippen LogP contribution in [0.25, 0.3) is 11.3 Å². The molecule has 0 fully saturated rings. The van der Waals surface area contributed by atoms with Gasteiger partial charge < -0.3 is 15.5 Å². The van der Waals surface area contributed by atoms with Gasteiger partial charge in [-0.2, -0.15) is 4.98 Å². The van der Waals surface area contributed by atoms with Crippen molar-refractivity contribution in [2.75, 3.05) is 37.8 Å². The van der Waals surface area contributed by atoms with E-state index in [0.717, 1.165) is 12.1 Å². The first-order chi connectivity index (χ1) is 13.0. The van der Waals surface area contributed by atoms with E-state index in [9.17, 15) is 8.78 Å². The molecule has 3 rings (SSSR count). The lowest BCUT2D eigenvalue weighted by Gasteiger charge is -2.13. The van der Waals surface area contributed by atoms with Crippen LogP contribution in [-0.4, -0.2) is 47.0 Å². The number of para-hydroxylation sites is 1. The first-order valence-corrected chi connectivity index (χ1v) is 8.42. The summed E-state index contributed by atoms with van der Waals surface area (Å²) in [6.07, 6.45) is 3.33. The van der Waals surface area contributed by atoms with Crippen LogP contribution in [-0.2, 0) is 0 Å². The molecule has 140 valence electrons. The van der Waals surface area contributed by atoms with Gasteiger partial charge in [0.2, 0.25) is 5.95 Å². The van der Waals surface area contributed by atoms with Gasteiger partial charge in [-0.05, 0) is 38.4 Å². The Labute approximate surface area is 156 Å². The van der Waals surface area contributed by atoms with E-state index in [0.29, 0.717) is 18.2 Å². The summed E-state index contributed by atoms with van der Waals surface area (Å²) in [6.45, 7) is 1.40. The summed E-state index contributed by atoms with van der Waals surface area (Å²) in [5.74, 6) is -0.755. The van der Waals surface area contributed by atoms with Crippen molar-refractivity contribution in [2.24, 2.45) is 0 Å². The van der Waals surface area contributed by atoms with Crippen LogP contribution in [0.4, 0.5) is 26.2 Å². The average molecular weight is 370 g/mol. The molecule has 0 atom stereocenters. The zero-order valence-corrected chi connectivity index (χ0v) is 15.1. The standard InChI is InChI=1S/C19H20F2N6/c1-27(2)10-9-23-19-24-16(13-5-4-8-22-12-13)11-17(26-19)25-18-14(20)6-3-7-15(18)21/h3-8,11-12H,9-10H2,1-2H3,(H2,23,24,25,26). The minimum Gasteiger partial charge on any atom is -0.353 e. The first kappa shape index (κ1) is 18.7. The summed E-state index contributed by atoms with van der Waals surface area (Å²) in [7, 11) is 3.92. The molecule has 8 heteroatoms. The van der Waals surface area contributed by atoms with Crippen molar-refractivity contribution < 1.29 is 8.78 Å². The summed E-state index contributed by atoms with van der Waals surface area (Å²) in [4.78, 5) is 14.9. The van der Waals surface area contributed by atoms with Crippen LogP contribution in [0, 0.1) is 11.6 Å². The fourth-order valence-electron chi connectivity index (χ4n) is 2.39. The molecule has 2 heterocycles. The highest BCUT2D eigenvalue weighted by atomic mass is 19.1. The van der Waals surface area contributed by atoms with Gasteiger partial charge in [-0.1, -0.05) is 6.07 Å². The number of rotatable bonds is 7. The van der Waals surface area contributed by atoms with Gasteiger partial charge in [0.1, 0.15) is 23.1 Å². The highest BCUT2D eigenvalue weighted by Gasteiger charge is 2.12. The smallest absolute Gasteiger partial charge is 0.225 e. The van der Waals surface area contributed by atoms with E-state index in [4.69, 9.17) is 0 Å². The van der Waals surface area contributed by atoms with Crippen molar-refractivity contribution in [1.29, 1.82) is 0 Å². The molecule has 0 bridgehead atoms. The zero-order chi connectivity index (χ0) is 19.2. The second-order valence-electron chi connectivity index (χ2n) is 6.16. The second kappa shape index (κ2) is 8.50. The van der Waals surface area contributed by atoms with Crippen LogP contribution in [0.2, 0.25) is 0 Å². The van der Waals surface area contributed by atoms with Crippen molar-refractivity contribution in [3.05, 3.63) is 60.4 Å². The Hall–Kier alpha value is -3.13. The average Bonchev–Trinajstić information content (AvgIpc) is 2.65. The molecule has 0 saturated carbocycles. The van der Waals surface area contributed by atoms with Gasteiger partial charge in [0.05, 0.1) is 5.69 Å². The predicted molar refractivity (Wildman–Crippen MR) is 102 cm³/mol. The van der Waals surface area contributed by atoms with Crippen LogP contribution in [0.1, 0.15) is 0 Å². The number of anilines is 3. The van der Waals surface area contributed by atoms with Crippen molar-refractivity contribution >= 4 is 17.5 Å². The number of benzene rings is 1. The van der Waals surface area contributed by atoms with Gasteiger partial charge in [-0.15, -0.1) is 0 Å². The third kappa shape index (κ3) is 4.95. The molecule has 6 nitrogen and oxygen atoms in total. The zero-order valence-electron chi connectivity index (χ0n) is 15.1. The molecule has 0 aliphatic heterocycles. The lowest BCUT2D eigenvalue weighted by Crippen LogP contribution is -2.21. The van der Waals surface area contributed by atoms with Crippen molar-refractivity contribution in [2.45, 2.75) is 0 Å². The molecule has 0 saturated heterocycles. The second-order valence-corrected chi connectivity index (χ2v) is 6.16. The van der Waals surface area contributed by atoms with Crippen LogP contribution in [0.5, 0.6) is 0 Å². The summed E-state index contributed by atoms with van der Waals surface area (Å²) >= 11 is 0. The minimum absolute atomic E-state index is 0.257. The largest absolute Gasteiger partial charge is 0.353 e. The van der Waals surface area contributed by atoms with E-state index in [-0.39, 0.29) is 11.5 Å². The molecule has 0 aliphatic carbocycles. The molecule has 0 spiro atoms. The van der Waals surface area contributed by atoms with Crippen LogP contribution >= 0.6 is 0 Å². The molecule has 0 radical (unpaired) electrons. The van der Waals surface area contributed by atoms with E-state index in [1.165, 1.54) is 18.2 Å². The molecule has 0 unspecified atom stereocenters. The van der Waals surface area contributed by atoms with Crippen LogP contribution in [0.3, 0.4) is 0 Å². The number of hydrogen-bond donors (Lipinski definition) is 2. The molecule has 0 amide bonds. The maximum atomic E-state index is 14.0. The number of hydrogen-bond acceptors (Lipinski definition) is 6. The van der Waals surface area contributed by atoms with Crippen LogP contribution in [0.15, 0.2) is 48.8 Å². The molecular formula is C19H20F2N6. The van der Waals surface area contributed by atoms with Crippen molar-refractivity contribution in [1.82, 2.24) is 19.9 Å². The number of pyridine rings is 1. The SMILES string of the molecule is CN(C)CCNc1nc(Nc2c(F)cccc2F)cc(-c2cccnc2)n1. The third-order valence-corrected chi connectivity index (χ3v) is 3.74. The van der Waals surface area contributed by atoms with Gasteiger partial charge in [0.25, 0.3) is 0 Å². The van der Waals surface area contributed by atoms with E-state index < -0.39 is 11.6 Å². The number of likely N-dealkylation sites (N-methyl/N-ethyl adjacent to an activating group) is 1. The quantitative estimate of drug-likeness (QED) is 0.663. The molecule has 0 aliphatic rings. The topological polar surface area (TPSA) is 66.0 Å². The Balaban J connectivity index is 1.94. The summed E-state index contributed by atoms with van der Waals surface area (Å²) in [5.41, 5.74) is 1.10. The Bertz CT molecular complexity index is 882. The van der Waals surface area contributed by atoms with Gasteiger partial charge in [-0.25, -0.2) is 13.8 Å². The Morgan fingerprint density at radius 2 is 1.81 bits per heavy atom. The number of nitrogens with one attached hydrogen (secondary N) is 2. The van der Waals surface area contributed by atoms with E-state index in [1.807, 2.05) is 25.1 Å².